The second-order valence-corrected chi connectivity index (χ2v) is 9.97. The van der Waals surface area contributed by atoms with E-state index in [2.05, 4.69) is 15.6 Å². The standard InChI is InChI=1S/C31H35N5O6/c1-39-22-15-13-21(14-16-22)19-35(28(37)20-36-26-11-5-4-10-25(26)33-34-36)29(31(38)32-18-23-8-7-17-42-23)24-9-6-12-27(40-2)30(24)41-3/h4-6,9-16,23,29H,7-8,17-20H2,1-3H3,(H,32,38). The second-order valence-electron chi connectivity index (χ2n) is 9.97. The molecule has 1 aliphatic rings. The van der Waals surface area contributed by atoms with Gasteiger partial charge in [-0.15, -0.1) is 5.10 Å². The number of ether oxygens (including phenoxy) is 4. The summed E-state index contributed by atoms with van der Waals surface area (Å²) in [6.07, 6.45) is 1.73. The number of amides is 2. The number of nitrogens with one attached hydrogen (secondary N) is 1. The highest BCUT2D eigenvalue weighted by Crippen LogP contribution is 2.38. The van der Waals surface area contributed by atoms with Gasteiger partial charge in [-0.05, 0) is 48.7 Å². The largest absolute Gasteiger partial charge is 0.497 e. The first kappa shape index (κ1) is 28.9. The van der Waals surface area contributed by atoms with Crippen LogP contribution in [0.3, 0.4) is 0 Å². The Morgan fingerprint density at radius 1 is 1.02 bits per heavy atom. The lowest BCUT2D eigenvalue weighted by Crippen LogP contribution is -2.46. The van der Waals surface area contributed by atoms with Crippen molar-refractivity contribution in [2.24, 2.45) is 0 Å². The average Bonchev–Trinajstić information content (AvgIpc) is 3.70. The van der Waals surface area contributed by atoms with E-state index in [0.29, 0.717) is 47.0 Å². The van der Waals surface area contributed by atoms with Crippen molar-refractivity contribution in [1.82, 2.24) is 25.2 Å². The summed E-state index contributed by atoms with van der Waals surface area (Å²) in [4.78, 5) is 29.9. The van der Waals surface area contributed by atoms with Crippen LogP contribution in [-0.4, -0.2) is 72.3 Å². The fourth-order valence-corrected chi connectivity index (χ4v) is 5.20. The molecule has 1 saturated heterocycles. The Morgan fingerprint density at radius 3 is 2.55 bits per heavy atom. The summed E-state index contributed by atoms with van der Waals surface area (Å²) >= 11 is 0. The van der Waals surface area contributed by atoms with Crippen molar-refractivity contribution < 1.29 is 28.5 Å². The molecule has 11 heteroatoms. The topological polar surface area (TPSA) is 117 Å². The van der Waals surface area contributed by atoms with Gasteiger partial charge in [0.2, 0.25) is 11.8 Å². The molecule has 5 rings (SSSR count). The number of carbonyl (C=O) groups is 2. The number of nitrogens with zero attached hydrogens (tertiary/aromatic N) is 4. The molecular formula is C31H35N5O6. The first-order valence-electron chi connectivity index (χ1n) is 13.8. The van der Waals surface area contributed by atoms with E-state index in [1.807, 2.05) is 48.5 Å². The van der Waals surface area contributed by atoms with Crippen LogP contribution in [0.5, 0.6) is 17.2 Å². The van der Waals surface area contributed by atoms with E-state index in [4.69, 9.17) is 18.9 Å². The van der Waals surface area contributed by atoms with Gasteiger partial charge in [0.15, 0.2) is 11.5 Å². The third-order valence-corrected chi connectivity index (χ3v) is 7.35. The highest BCUT2D eigenvalue weighted by Gasteiger charge is 2.35. The van der Waals surface area contributed by atoms with Gasteiger partial charge < -0.3 is 29.2 Å². The minimum Gasteiger partial charge on any atom is -0.497 e. The minimum atomic E-state index is -1.05. The van der Waals surface area contributed by atoms with Crippen LogP contribution in [0.15, 0.2) is 66.7 Å². The summed E-state index contributed by atoms with van der Waals surface area (Å²) in [6, 6.07) is 19.0. The van der Waals surface area contributed by atoms with Crippen molar-refractivity contribution in [2.45, 2.75) is 38.1 Å². The zero-order valence-electron chi connectivity index (χ0n) is 24.0. The van der Waals surface area contributed by atoms with Crippen molar-refractivity contribution in [3.8, 4) is 17.2 Å². The van der Waals surface area contributed by atoms with Crippen LogP contribution < -0.4 is 19.5 Å². The third kappa shape index (κ3) is 6.31. The summed E-state index contributed by atoms with van der Waals surface area (Å²) in [5.74, 6) is 0.819. The smallest absolute Gasteiger partial charge is 0.247 e. The van der Waals surface area contributed by atoms with Gasteiger partial charge in [-0.25, -0.2) is 4.68 Å². The zero-order chi connectivity index (χ0) is 29.5. The van der Waals surface area contributed by atoms with E-state index in [1.165, 1.54) is 14.2 Å². The molecule has 2 amide bonds. The Balaban J connectivity index is 1.56. The van der Waals surface area contributed by atoms with Gasteiger partial charge in [0.05, 0.1) is 33.0 Å². The van der Waals surface area contributed by atoms with Crippen LogP contribution in [0.2, 0.25) is 0 Å². The number of rotatable bonds is 12. The molecule has 0 spiro atoms. The molecule has 4 aromatic rings. The number of fused-ring (bicyclic) bond motifs is 1. The molecule has 0 radical (unpaired) electrons. The zero-order valence-corrected chi connectivity index (χ0v) is 24.0. The van der Waals surface area contributed by atoms with Crippen LogP contribution in [0.1, 0.15) is 30.0 Å². The molecule has 2 atom stereocenters. The van der Waals surface area contributed by atoms with E-state index < -0.39 is 6.04 Å². The highest BCUT2D eigenvalue weighted by atomic mass is 16.5. The minimum absolute atomic E-state index is 0.0749. The Hall–Kier alpha value is -4.64. The van der Waals surface area contributed by atoms with Gasteiger partial charge in [-0.3, -0.25) is 9.59 Å². The summed E-state index contributed by atoms with van der Waals surface area (Å²) in [5, 5.41) is 11.4. The molecule has 2 unspecified atom stereocenters. The quantitative estimate of drug-likeness (QED) is 0.274. The predicted molar refractivity (Wildman–Crippen MR) is 155 cm³/mol. The maximum atomic E-state index is 14.3. The highest BCUT2D eigenvalue weighted by molar-refractivity contribution is 5.90. The third-order valence-electron chi connectivity index (χ3n) is 7.35. The maximum absolute atomic E-state index is 14.3. The van der Waals surface area contributed by atoms with Crippen molar-refractivity contribution in [3.63, 3.8) is 0 Å². The van der Waals surface area contributed by atoms with Gasteiger partial charge in [-0.1, -0.05) is 41.6 Å². The van der Waals surface area contributed by atoms with Gasteiger partial charge in [0, 0.05) is 25.3 Å². The SMILES string of the molecule is COc1ccc(CN(C(=O)Cn2nnc3ccccc32)C(C(=O)NCC2CCCO2)c2cccc(OC)c2OC)cc1. The average molecular weight is 574 g/mol. The summed E-state index contributed by atoms with van der Waals surface area (Å²) in [5.41, 5.74) is 2.69. The first-order chi connectivity index (χ1) is 20.5. The fraction of sp³-hybridized carbons (Fsp3) is 0.355. The number of benzene rings is 3. The Labute approximate surface area is 244 Å². The van der Waals surface area contributed by atoms with Crippen LogP contribution >= 0.6 is 0 Å². The van der Waals surface area contributed by atoms with E-state index >= 15 is 0 Å². The molecule has 1 aromatic heterocycles. The second kappa shape index (κ2) is 13.3. The van der Waals surface area contributed by atoms with Gasteiger partial charge in [-0.2, -0.15) is 0 Å². The van der Waals surface area contributed by atoms with E-state index in [-0.39, 0.29) is 31.0 Å². The van der Waals surface area contributed by atoms with Crippen LogP contribution in [0, 0.1) is 0 Å². The Kier molecular flexibility index (Phi) is 9.18. The van der Waals surface area contributed by atoms with Gasteiger partial charge in [0.25, 0.3) is 0 Å². The molecule has 0 saturated carbocycles. The van der Waals surface area contributed by atoms with E-state index in [0.717, 1.165) is 18.4 Å². The lowest BCUT2D eigenvalue weighted by molar-refractivity contribution is -0.142. The Bertz CT molecular complexity index is 1520. The van der Waals surface area contributed by atoms with Crippen LogP contribution in [-0.2, 0) is 27.4 Å². The number of hydrogen-bond acceptors (Lipinski definition) is 8. The van der Waals surface area contributed by atoms with Crippen molar-refractivity contribution in [2.75, 3.05) is 34.5 Å². The maximum Gasteiger partial charge on any atom is 0.247 e. The molecule has 220 valence electrons. The van der Waals surface area contributed by atoms with Gasteiger partial charge >= 0.3 is 0 Å². The molecule has 11 nitrogen and oxygen atoms in total. The number of hydrogen-bond donors (Lipinski definition) is 1. The van der Waals surface area contributed by atoms with Crippen LogP contribution in [0.4, 0.5) is 0 Å². The molecular weight excluding hydrogens is 538 g/mol. The summed E-state index contributed by atoms with van der Waals surface area (Å²) in [7, 11) is 4.64. The van der Waals surface area contributed by atoms with E-state index in [9.17, 15) is 9.59 Å². The number of carbonyl (C=O) groups excluding carboxylic acids is 2. The molecule has 3 aromatic carbocycles. The van der Waals surface area contributed by atoms with Crippen molar-refractivity contribution >= 4 is 22.8 Å². The monoisotopic (exact) mass is 573 g/mol. The normalized spacial score (nSPS) is 15.3. The molecule has 1 N–H and O–H groups in total. The van der Waals surface area contributed by atoms with E-state index in [1.54, 1.807) is 34.9 Å². The van der Waals surface area contributed by atoms with Gasteiger partial charge in [0.1, 0.15) is 23.9 Å². The van der Waals surface area contributed by atoms with Crippen molar-refractivity contribution in [1.29, 1.82) is 0 Å². The van der Waals surface area contributed by atoms with Crippen molar-refractivity contribution in [3.05, 3.63) is 77.9 Å². The molecule has 1 fully saturated rings. The number of para-hydroxylation sites is 2. The molecule has 2 heterocycles. The molecule has 0 aliphatic carbocycles. The number of aromatic nitrogens is 3. The fourth-order valence-electron chi connectivity index (χ4n) is 5.20. The summed E-state index contributed by atoms with van der Waals surface area (Å²) < 4.78 is 23.9. The lowest BCUT2D eigenvalue weighted by Gasteiger charge is -2.33. The molecule has 42 heavy (non-hydrogen) atoms. The predicted octanol–water partition coefficient (Wildman–Crippen LogP) is 3.52. The Morgan fingerprint density at radius 2 is 1.83 bits per heavy atom. The number of methoxy groups -OCH3 is 3. The lowest BCUT2D eigenvalue weighted by atomic mass is 10.0. The molecule has 1 aliphatic heterocycles. The van der Waals surface area contributed by atoms with Crippen LogP contribution in [0.25, 0.3) is 11.0 Å². The first-order valence-corrected chi connectivity index (χ1v) is 13.8. The molecule has 0 bridgehead atoms. The summed E-state index contributed by atoms with van der Waals surface area (Å²) in [6.45, 7) is 1.01.